The number of nitrogens with zero attached hydrogens (tertiary/aromatic N) is 2. The third-order valence-electron chi connectivity index (χ3n) is 4.36. The fourth-order valence-corrected chi connectivity index (χ4v) is 2.70. The number of aromatic nitrogens is 1. The summed E-state index contributed by atoms with van der Waals surface area (Å²) in [7, 11) is 0. The number of anilines is 1. The third-order valence-corrected chi connectivity index (χ3v) is 4.36. The van der Waals surface area contributed by atoms with Crippen LogP contribution in [0.2, 0.25) is 0 Å². The van der Waals surface area contributed by atoms with E-state index >= 15 is 0 Å². The van der Waals surface area contributed by atoms with Gasteiger partial charge in [0.2, 0.25) is 0 Å². The number of morpholine rings is 1. The van der Waals surface area contributed by atoms with Crippen molar-refractivity contribution in [1.29, 1.82) is 0 Å². The quantitative estimate of drug-likeness (QED) is 0.923. The fourth-order valence-electron chi connectivity index (χ4n) is 2.70. The Kier molecular flexibility index (Phi) is 5.09. The second-order valence-corrected chi connectivity index (χ2v) is 6.15. The summed E-state index contributed by atoms with van der Waals surface area (Å²) in [6.07, 6.45) is 2.91. The maximum Gasteiger partial charge on any atom is 0.253 e. The number of rotatable bonds is 4. The van der Waals surface area contributed by atoms with E-state index in [0.717, 1.165) is 11.3 Å². The molecule has 2 heterocycles. The van der Waals surface area contributed by atoms with E-state index in [0.29, 0.717) is 18.7 Å². The molecular weight excluding hydrogens is 318 g/mol. The smallest absolute Gasteiger partial charge is 0.253 e. The first-order chi connectivity index (χ1) is 12.0. The Labute approximate surface area is 146 Å². The summed E-state index contributed by atoms with van der Waals surface area (Å²) in [6, 6.07) is 9.26. The SMILES string of the molecule is Cc1ccc(N2CC(CNC(=O)c3ccncc3)OCC2=O)cc1C. The second kappa shape index (κ2) is 7.44. The molecule has 0 bridgehead atoms. The Morgan fingerprint density at radius 3 is 2.72 bits per heavy atom. The molecule has 0 saturated carbocycles. The lowest BCUT2D eigenvalue weighted by molar-refractivity contribution is -0.129. The highest BCUT2D eigenvalue weighted by atomic mass is 16.5. The minimum absolute atomic E-state index is 0.0166. The Bertz CT molecular complexity index is 777. The Morgan fingerprint density at radius 2 is 2.00 bits per heavy atom. The molecule has 1 aromatic carbocycles. The predicted octanol–water partition coefficient (Wildman–Crippen LogP) is 1.86. The second-order valence-electron chi connectivity index (χ2n) is 6.15. The lowest BCUT2D eigenvalue weighted by Crippen LogP contribution is -2.50. The lowest BCUT2D eigenvalue weighted by atomic mass is 10.1. The minimum Gasteiger partial charge on any atom is -0.365 e. The van der Waals surface area contributed by atoms with Gasteiger partial charge in [0.1, 0.15) is 6.61 Å². The van der Waals surface area contributed by atoms with Gasteiger partial charge in [0, 0.05) is 30.2 Å². The Balaban J connectivity index is 1.63. The van der Waals surface area contributed by atoms with E-state index in [4.69, 9.17) is 4.74 Å². The molecule has 2 amide bonds. The zero-order chi connectivity index (χ0) is 17.8. The maximum atomic E-state index is 12.2. The number of hydrogen-bond acceptors (Lipinski definition) is 4. The fraction of sp³-hybridized carbons (Fsp3) is 0.316. The van der Waals surface area contributed by atoms with Crippen LogP contribution in [0.4, 0.5) is 5.69 Å². The summed E-state index contributed by atoms with van der Waals surface area (Å²) in [5, 5.41) is 2.85. The van der Waals surface area contributed by atoms with Crippen LogP contribution in [0.15, 0.2) is 42.7 Å². The lowest BCUT2D eigenvalue weighted by Gasteiger charge is -2.33. The molecule has 1 aliphatic rings. The first-order valence-corrected chi connectivity index (χ1v) is 8.22. The molecule has 25 heavy (non-hydrogen) atoms. The number of aryl methyl sites for hydroxylation is 2. The number of pyridine rings is 1. The van der Waals surface area contributed by atoms with Gasteiger partial charge in [-0.25, -0.2) is 0 Å². The van der Waals surface area contributed by atoms with Gasteiger partial charge in [-0.05, 0) is 49.2 Å². The summed E-state index contributed by atoms with van der Waals surface area (Å²) < 4.78 is 5.56. The largest absolute Gasteiger partial charge is 0.365 e. The van der Waals surface area contributed by atoms with Crippen molar-refractivity contribution in [3.8, 4) is 0 Å². The van der Waals surface area contributed by atoms with E-state index in [-0.39, 0.29) is 24.5 Å². The molecule has 130 valence electrons. The molecule has 3 rings (SSSR count). The monoisotopic (exact) mass is 339 g/mol. The first kappa shape index (κ1) is 17.1. The Morgan fingerprint density at radius 1 is 1.24 bits per heavy atom. The highest BCUT2D eigenvalue weighted by Gasteiger charge is 2.28. The molecule has 1 atom stereocenters. The van der Waals surface area contributed by atoms with Crippen molar-refractivity contribution in [3.63, 3.8) is 0 Å². The van der Waals surface area contributed by atoms with E-state index in [2.05, 4.69) is 10.3 Å². The van der Waals surface area contributed by atoms with Crippen LogP contribution >= 0.6 is 0 Å². The van der Waals surface area contributed by atoms with Gasteiger partial charge in [-0.15, -0.1) is 0 Å². The molecule has 0 aliphatic carbocycles. The van der Waals surface area contributed by atoms with Gasteiger partial charge in [-0.1, -0.05) is 6.07 Å². The van der Waals surface area contributed by atoms with Crippen molar-refractivity contribution < 1.29 is 14.3 Å². The van der Waals surface area contributed by atoms with Crippen LogP contribution in [0.25, 0.3) is 0 Å². The van der Waals surface area contributed by atoms with Crippen molar-refractivity contribution in [3.05, 3.63) is 59.4 Å². The minimum atomic E-state index is -0.245. The molecule has 0 radical (unpaired) electrons. The van der Waals surface area contributed by atoms with E-state index < -0.39 is 0 Å². The van der Waals surface area contributed by atoms with Crippen LogP contribution in [0.3, 0.4) is 0 Å². The predicted molar refractivity (Wildman–Crippen MR) is 94.6 cm³/mol. The normalized spacial score (nSPS) is 17.4. The van der Waals surface area contributed by atoms with Crippen LogP contribution in [-0.4, -0.2) is 42.6 Å². The molecule has 6 heteroatoms. The average Bonchev–Trinajstić information content (AvgIpc) is 2.64. The van der Waals surface area contributed by atoms with Crippen LogP contribution in [0.1, 0.15) is 21.5 Å². The van der Waals surface area contributed by atoms with Gasteiger partial charge in [-0.3, -0.25) is 14.6 Å². The zero-order valence-electron chi connectivity index (χ0n) is 14.4. The Hall–Kier alpha value is -2.73. The van der Waals surface area contributed by atoms with Gasteiger partial charge in [-0.2, -0.15) is 0 Å². The third kappa shape index (κ3) is 4.03. The number of carbonyl (C=O) groups excluding carboxylic acids is 2. The number of ether oxygens (including phenoxy) is 1. The van der Waals surface area contributed by atoms with Crippen LogP contribution in [-0.2, 0) is 9.53 Å². The molecular formula is C19H21N3O3. The van der Waals surface area contributed by atoms with Crippen LogP contribution < -0.4 is 10.2 Å². The van der Waals surface area contributed by atoms with E-state index in [1.54, 1.807) is 29.4 Å². The molecule has 1 fully saturated rings. The van der Waals surface area contributed by atoms with Gasteiger partial charge in [0.15, 0.2) is 0 Å². The number of nitrogens with one attached hydrogen (secondary N) is 1. The van der Waals surface area contributed by atoms with Crippen molar-refractivity contribution in [2.75, 3.05) is 24.6 Å². The molecule has 2 aromatic rings. The maximum absolute atomic E-state index is 12.2. The number of carbonyl (C=O) groups is 2. The molecule has 1 unspecified atom stereocenters. The van der Waals surface area contributed by atoms with Gasteiger partial charge >= 0.3 is 0 Å². The van der Waals surface area contributed by atoms with Gasteiger partial charge in [0.05, 0.1) is 12.6 Å². The number of benzene rings is 1. The van der Waals surface area contributed by atoms with Crippen LogP contribution in [0, 0.1) is 13.8 Å². The van der Waals surface area contributed by atoms with Crippen molar-refractivity contribution in [1.82, 2.24) is 10.3 Å². The summed E-state index contributed by atoms with van der Waals surface area (Å²) in [5.74, 6) is -0.249. The van der Waals surface area contributed by atoms with Gasteiger partial charge in [0.25, 0.3) is 11.8 Å². The summed E-state index contributed by atoms with van der Waals surface area (Å²) in [6.45, 7) is 4.84. The number of amides is 2. The van der Waals surface area contributed by atoms with Crippen LogP contribution in [0.5, 0.6) is 0 Å². The summed E-state index contributed by atoms with van der Waals surface area (Å²) in [5.41, 5.74) is 3.74. The van der Waals surface area contributed by atoms with E-state index in [9.17, 15) is 9.59 Å². The van der Waals surface area contributed by atoms with Crippen molar-refractivity contribution in [2.24, 2.45) is 0 Å². The highest BCUT2D eigenvalue weighted by Crippen LogP contribution is 2.21. The molecule has 6 nitrogen and oxygen atoms in total. The number of hydrogen-bond donors (Lipinski definition) is 1. The molecule has 1 N–H and O–H groups in total. The van der Waals surface area contributed by atoms with E-state index in [1.165, 1.54) is 5.56 Å². The molecule has 1 aromatic heterocycles. The van der Waals surface area contributed by atoms with Crippen molar-refractivity contribution in [2.45, 2.75) is 20.0 Å². The molecule has 1 aliphatic heterocycles. The standard InChI is InChI=1S/C19H21N3O3/c1-13-3-4-16(9-14(13)2)22-11-17(25-12-18(22)23)10-21-19(24)15-5-7-20-8-6-15/h3-9,17H,10-12H2,1-2H3,(H,21,24). The van der Waals surface area contributed by atoms with Crippen molar-refractivity contribution >= 4 is 17.5 Å². The first-order valence-electron chi connectivity index (χ1n) is 8.22. The topological polar surface area (TPSA) is 71.5 Å². The zero-order valence-corrected chi connectivity index (χ0v) is 14.4. The molecule has 0 spiro atoms. The summed E-state index contributed by atoms with van der Waals surface area (Å²) >= 11 is 0. The summed E-state index contributed by atoms with van der Waals surface area (Å²) in [4.78, 5) is 29.9. The average molecular weight is 339 g/mol. The van der Waals surface area contributed by atoms with E-state index in [1.807, 2.05) is 32.0 Å². The highest BCUT2D eigenvalue weighted by molar-refractivity contribution is 5.95. The van der Waals surface area contributed by atoms with Gasteiger partial charge < -0.3 is 15.0 Å². The molecule has 1 saturated heterocycles.